The van der Waals surface area contributed by atoms with E-state index in [1.54, 1.807) is 0 Å². The van der Waals surface area contributed by atoms with E-state index in [4.69, 9.17) is 11.6 Å². The standard InChI is InChI=1S/C22H25ClN2O/c1-3-4-13-24-22(26)14-19(16-9-11-17(23)12-10-16)20-15-25(2)21-8-6-5-7-18(20)21/h5-12,15,19H,3-4,13-14H2,1-2H3,(H,24,26)/t19-/m1/s1. The van der Waals surface area contributed by atoms with Crippen LogP contribution in [0.1, 0.15) is 43.2 Å². The average Bonchev–Trinajstić information content (AvgIpc) is 2.98. The predicted octanol–water partition coefficient (Wildman–Crippen LogP) is 5.27. The molecule has 26 heavy (non-hydrogen) atoms. The van der Waals surface area contributed by atoms with Crippen molar-refractivity contribution in [2.45, 2.75) is 32.1 Å². The van der Waals surface area contributed by atoms with Gasteiger partial charge in [0.1, 0.15) is 0 Å². The number of carbonyl (C=O) groups excluding carboxylic acids is 1. The van der Waals surface area contributed by atoms with Crippen LogP contribution in [0.15, 0.2) is 54.7 Å². The van der Waals surface area contributed by atoms with Gasteiger partial charge >= 0.3 is 0 Å². The fraction of sp³-hybridized carbons (Fsp3) is 0.318. The number of para-hydroxylation sites is 1. The van der Waals surface area contributed by atoms with E-state index in [2.05, 4.69) is 35.1 Å². The zero-order valence-electron chi connectivity index (χ0n) is 15.3. The summed E-state index contributed by atoms with van der Waals surface area (Å²) in [7, 11) is 2.05. The van der Waals surface area contributed by atoms with Crippen molar-refractivity contribution in [3.63, 3.8) is 0 Å². The van der Waals surface area contributed by atoms with E-state index in [0.717, 1.165) is 24.9 Å². The number of benzene rings is 2. The first-order valence-corrected chi connectivity index (χ1v) is 9.54. The Kier molecular flexibility index (Phi) is 6.00. The van der Waals surface area contributed by atoms with Crippen molar-refractivity contribution in [1.82, 2.24) is 9.88 Å². The van der Waals surface area contributed by atoms with Crippen molar-refractivity contribution in [2.24, 2.45) is 7.05 Å². The molecule has 0 aliphatic heterocycles. The van der Waals surface area contributed by atoms with Gasteiger partial charge in [0.05, 0.1) is 0 Å². The second kappa shape index (κ2) is 8.41. The van der Waals surface area contributed by atoms with Crippen molar-refractivity contribution in [3.8, 4) is 0 Å². The molecule has 1 amide bonds. The molecule has 0 radical (unpaired) electrons. The van der Waals surface area contributed by atoms with Gasteiger partial charge in [-0.2, -0.15) is 0 Å². The first-order chi connectivity index (χ1) is 12.6. The number of aryl methyl sites for hydroxylation is 1. The minimum atomic E-state index is -0.00000630. The number of hydrogen-bond acceptors (Lipinski definition) is 1. The molecule has 1 N–H and O–H groups in total. The second-order valence-electron chi connectivity index (χ2n) is 6.72. The van der Waals surface area contributed by atoms with Gasteiger partial charge in [-0.15, -0.1) is 0 Å². The molecule has 4 heteroatoms. The summed E-state index contributed by atoms with van der Waals surface area (Å²) >= 11 is 6.07. The molecule has 0 aliphatic carbocycles. The first kappa shape index (κ1) is 18.5. The van der Waals surface area contributed by atoms with Crippen molar-refractivity contribution in [2.75, 3.05) is 6.54 Å². The monoisotopic (exact) mass is 368 g/mol. The largest absolute Gasteiger partial charge is 0.356 e. The maximum absolute atomic E-state index is 12.5. The number of fused-ring (bicyclic) bond motifs is 1. The van der Waals surface area contributed by atoms with Gasteiger partial charge in [0, 0.05) is 48.1 Å². The third-order valence-corrected chi connectivity index (χ3v) is 5.07. The molecule has 0 saturated carbocycles. The SMILES string of the molecule is CCCCNC(=O)C[C@H](c1ccc(Cl)cc1)c1cn(C)c2ccccc12. The summed E-state index contributed by atoms with van der Waals surface area (Å²) in [5.74, 6) is 0.0892. The highest BCUT2D eigenvalue weighted by molar-refractivity contribution is 6.30. The van der Waals surface area contributed by atoms with Crippen molar-refractivity contribution < 1.29 is 4.79 Å². The van der Waals surface area contributed by atoms with Crippen LogP contribution in [0, 0.1) is 0 Å². The summed E-state index contributed by atoms with van der Waals surface area (Å²) in [5, 5.41) is 4.95. The molecular formula is C22H25ClN2O. The van der Waals surface area contributed by atoms with Gasteiger partial charge in [-0.05, 0) is 35.7 Å². The van der Waals surface area contributed by atoms with Crippen LogP contribution >= 0.6 is 11.6 Å². The lowest BCUT2D eigenvalue weighted by Gasteiger charge is -2.17. The second-order valence-corrected chi connectivity index (χ2v) is 7.16. The summed E-state index contributed by atoms with van der Waals surface area (Å²) in [6.45, 7) is 2.86. The maximum Gasteiger partial charge on any atom is 0.220 e. The van der Waals surface area contributed by atoms with E-state index in [0.29, 0.717) is 11.4 Å². The van der Waals surface area contributed by atoms with E-state index in [1.807, 2.05) is 43.4 Å². The first-order valence-electron chi connectivity index (χ1n) is 9.16. The minimum absolute atomic E-state index is 0.00000630. The number of rotatable bonds is 7. The Morgan fingerprint density at radius 1 is 1.15 bits per heavy atom. The molecule has 2 aromatic carbocycles. The summed E-state index contributed by atoms with van der Waals surface area (Å²) in [6.07, 6.45) is 4.65. The molecule has 0 saturated heterocycles. The van der Waals surface area contributed by atoms with Crippen LogP contribution in [0.5, 0.6) is 0 Å². The van der Waals surface area contributed by atoms with E-state index in [1.165, 1.54) is 16.5 Å². The highest BCUT2D eigenvalue weighted by Crippen LogP contribution is 2.34. The molecular weight excluding hydrogens is 344 g/mol. The van der Waals surface area contributed by atoms with Gasteiger partial charge in [0.2, 0.25) is 5.91 Å². The summed E-state index contributed by atoms with van der Waals surface area (Å²) in [4.78, 5) is 12.5. The lowest BCUT2D eigenvalue weighted by Crippen LogP contribution is -2.26. The molecule has 3 rings (SSSR count). The van der Waals surface area contributed by atoms with Gasteiger partial charge in [-0.25, -0.2) is 0 Å². The Bertz CT molecular complexity index is 883. The van der Waals surface area contributed by atoms with Gasteiger partial charge < -0.3 is 9.88 Å². The Morgan fingerprint density at radius 3 is 2.62 bits per heavy atom. The molecule has 0 bridgehead atoms. The quantitative estimate of drug-likeness (QED) is 0.566. The van der Waals surface area contributed by atoms with E-state index in [-0.39, 0.29) is 11.8 Å². The predicted molar refractivity (Wildman–Crippen MR) is 109 cm³/mol. The van der Waals surface area contributed by atoms with Gasteiger partial charge in [0.15, 0.2) is 0 Å². The number of amides is 1. The molecule has 3 aromatic rings. The molecule has 0 unspecified atom stereocenters. The zero-order valence-corrected chi connectivity index (χ0v) is 16.1. The van der Waals surface area contributed by atoms with Crippen molar-refractivity contribution in [3.05, 3.63) is 70.9 Å². The van der Waals surface area contributed by atoms with Crippen LogP contribution in [-0.2, 0) is 11.8 Å². The molecule has 1 aromatic heterocycles. The number of carbonyl (C=O) groups is 1. The van der Waals surface area contributed by atoms with E-state index in [9.17, 15) is 4.79 Å². The maximum atomic E-state index is 12.5. The Morgan fingerprint density at radius 2 is 1.88 bits per heavy atom. The van der Waals surface area contributed by atoms with Crippen LogP contribution in [0.2, 0.25) is 5.02 Å². The van der Waals surface area contributed by atoms with E-state index >= 15 is 0 Å². The Balaban J connectivity index is 1.97. The van der Waals surface area contributed by atoms with Crippen molar-refractivity contribution in [1.29, 1.82) is 0 Å². The highest BCUT2D eigenvalue weighted by Gasteiger charge is 2.22. The molecule has 0 aliphatic rings. The molecule has 0 fully saturated rings. The summed E-state index contributed by atoms with van der Waals surface area (Å²) in [5.41, 5.74) is 3.46. The average molecular weight is 369 g/mol. The minimum Gasteiger partial charge on any atom is -0.356 e. The number of aromatic nitrogens is 1. The molecule has 0 spiro atoms. The lowest BCUT2D eigenvalue weighted by molar-refractivity contribution is -0.121. The van der Waals surface area contributed by atoms with Gasteiger partial charge in [0.25, 0.3) is 0 Å². The zero-order chi connectivity index (χ0) is 18.5. The number of nitrogens with zero attached hydrogens (tertiary/aromatic N) is 1. The van der Waals surface area contributed by atoms with Gasteiger partial charge in [-0.3, -0.25) is 4.79 Å². The number of hydrogen-bond donors (Lipinski definition) is 1. The Labute approximate surface area is 160 Å². The number of halogens is 1. The number of unbranched alkanes of at least 4 members (excludes halogenated alkanes) is 1. The molecule has 136 valence electrons. The molecule has 3 nitrogen and oxygen atoms in total. The van der Waals surface area contributed by atoms with Gasteiger partial charge in [-0.1, -0.05) is 55.3 Å². The molecule has 1 atom stereocenters. The van der Waals surface area contributed by atoms with Crippen molar-refractivity contribution >= 4 is 28.4 Å². The van der Waals surface area contributed by atoms with Crippen LogP contribution in [0.3, 0.4) is 0 Å². The van der Waals surface area contributed by atoms with Crippen LogP contribution in [-0.4, -0.2) is 17.0 Å². The van der Waals surface area contributed by atoms with Crippen LogP contribution < -0.4 is 5.32 Å². The summed E-state index contributed by atoms with van der Waals surface area (Å²) < 4.78 is 2.13. The Hall–Kier alpha value is -2.26. The summed E-state index contributed by atoms with van der Waals surface area (Å²) in [6, 6.07) is 16.2. The normalized spacial score (nSPS) is 12.3. The molecule has 1 heterocycles. The van der Waals surface area contributed by atoms with Crippen LogP contribution in [0.25, 0.3) is 10.9 Å². The third kappa shape index (κ3) is 4.10. The topological polar surface area (TPSA) is 34.0 Å². The number of nitrogens with one attached hydrogen (secondary N) is 1. The third-order valence-electron chi connectivity index (χ3n) is 4.82. The van der Waals surface area contributed by atoms with Crippen LogP contribution in [0.4, 0.5) is 0 Å². The lowest BCUT2D eigenvalue weighted by atomic mass is 9.88. The smallest absolute Gasteiger partial charge is 0.220 e. The van der Waals surface area contributed by atoms with E-state index < -0.39 is 0 Å². The fourth-order valence-electron chi connectivity index (χ4n) is 3.42. The fourth-order valence-corrected chi connectivity index (χ4v) is 3.54. The highest BCUT2D eigenvalue weighted by atomic mass is 35.5.